The van der Waals surface area contributed by atoms with E-state index in [1.165, 1.54) is 30.6 Å². The van der Waals surface area contributed by atoms with Crippen LogP contribution in [0.4, 0.5) is 5.69 Å². The molecule has 0 aromatic carbocycles. The zero-order chi connectivity index (χ0) is 15.2. The second-order valence-electron chi connectivity index (χ2n) is 6.57. The van der Waals surface area contributed by atoms with Crippen LogP contribution in [0.25, 0.3) is 0 Å². The molecule has 0 bridgehead atoms. The number of pyridine rings is 1. The van der Waals surface area contributed by atoms with Crippen molar-refractivity contribution >= 4 is 5.69 Å². The first-order valence-electron chi connectivity index (χ1n) is 8.61. The highest BCUT2D eigenvalue weighted by Gasteiger charge is 2.29. The second kappa shape index (κ2) is 7.79. The molecule has 1 fully saturated rings. The number of hydrogen-bond acceptors (Lipinski definition) is 3. The van der Waals surface area contributed by atoms with Gasteiger partial charge in [0.2, 0.25) is 0 Å². The van der Waals surface area contributed by atoms with Crippen LogP contribution >= 0.6 is 0 Å². The number of rotatable bonds is 9. The molecule has 1 aliphatic rings. The maximum absolute atomic E-state index is 4.72. The molecule has 0 aliphatic heterocycles. The Morgan fingerprint density at radius 3 is 2.52 bits per heavy atom. The Bertz CT molecular complexity index is 409. The number of nitrogens with one attached hydrogen (secondary N) is 1. The van der Waals surface area contributed by atoms with E-state index in [-0.39, 0.29) is 0 Å². The third-order valence-electron chi connectivity index (χ3n) is 4.25. The van der Waals surface area contributed by atoms with E-state index >= 15 is 0 Å². The summed E-state index contributed by atoms with van der Waals surface area (Å²) in [6.45, 7) is 11.1. The van der Waals surface area contributed by atoms with Crippen LogP contribution in [0.2, 0.25) is 0 Å². The van der Waals surface area contributed by atoms with Gasteiger partial charge in [0.15, 0.2) is 0 Å². The van der Waals surface area contributed by atoms with Crippen LogP contribution in [0.1, 0.15) is 65.1 Å². The van der Waals surface area contributed by atoms with Crippen molar-refractivity contribution in [1.82, 2.24) is 10.3 Å². The van der Waals surface area contributed by atoms with Crippen molar-refractivity contribution in [2.45, 2.75) is 65.5 Å². The van der Waals surface area contributed by atoms with Crippen LogP contribution in [-0.4, -0.2) is 24.1 Å². The van der Waals surface area contributed by atoms with E-state index in [1.54, 1.807) is 0 Å². The predicted molar refractivity (Wildman–Crippen MR) is 90.8 cm³/mol. The Morgan fingerprint density at radius 2 is 2.05 bits per heavy atom. The van der Waals surface area contributed by atoms with Gasteiger partial charge in [0.05, 0.1) is 17.6 Å². The van der Waals surface area contributed by atoms with Crippen LogP contribution in [0.5, 0.6) is 0 Å². The topological polar surface area (TPSA) is 28.2 Å². The average Bonchev–Trinajstić information content (AvgIpc) is 3.30. The molecule has 21 heavy (non-hydrogen) atoms. The lowest BCUT2D eigenvalue weighted by Gasteiger charge is -2.26. The van der Waals surface area contributed by atoms with E-state index in [1.807, 2.05) is 0 Å². The number of aromatic nitrogens is 1. The highest BCUT2D eigenvalue weighted by atomic mass is 15.2. The third-order valence-corrected chi connectivity index (χ3v) is 4.25. The minimum atomic E-state index is 0.383. The standard InChI is InChI=1S/C18H31N3/c1-5-17(19-6-2)18-10-9-16(13-20-18)21(15-7-8-15)12-11-14(3)4/h9-10,13-15,17,19H,5-8,11-12H2,1-4H3. The smallest absolute Gasteiger partial charge is 0.0574 e. The van der Waals surface area contributed by atoms with Gasteiger partial charge in [-0.3, -0.25) is 4.98 Å². The first kappa shape index (κ1) is 16.3. The molecule has 1 atom stereocenters. The molecule has 1 N–H and O–H groups in total. The van der Waals surface area contributed by atoms with E-state index in [2.05, 4.69) is 56.2 Å². The second-order valence-corrected chi connectivity index (χ2v) is 6.57. The monoisotopic (exact) mass is 289 g/mol. The van der Waals surface area contributed by atoms with Crippen LogP contribution < -0.4 is 10.2 Å². The molecule has 0 saturated heterocycles. The minimum absolute atomic E-state index is 0.383. The molecular formula is C18H31N3. The van der Waals surface area contributed by atoms with Crippen molar-refractivity contribution in [3.63, 3.8) is 0 Å². The molecule has 1 saturated carbocycles. The van der Waals surface area contributed by atoms with Crippen molar-refractivity contribution in [2.75, 3.05) is 18.0 Å². The molecule has 2 rings (SSSR count). The zero-order valence-electron chi connectivity index (χ0n) is 14.1. The van der Waals surface area contributed by atoms with Gasteiger partial charge in [-0.25, -0.2) is 0 Å². The van der Waals surface area contributed by atoms with E-state index in [0.29, 0.717) is 6.04 Å². The molecule has 0 radical (unpaired) electrons. The van der Waals surface area contributed by atoms with Crippen LogP contribution in [0, 0.1) is 5.92 Å². The highest BCUT2D eigenvalue weighted by Crippen LogP contribution is 2.32. The zero-order valence-corrected chi connectivity index (χ0v) is 14.1. The summed E-state index contributed by atoms with van der Waals surface area (Å²) in [4.78, 5) is 7.28. The molecule has 1 aromatic heterocycles. The Morgan fingerprint density at radius 1 is 1.29 bits per heavy atom. The van der Waals surface area contributed by atoms with Crippen LogP contribution in [0.15, 0.2) is 18.3 Å². The maximum atomic E-state index is 4.72. The molecule has 0 spiro atoms. The van der Waals surface area contributed by atoms with Gasteiger partial charge in [-0.2, -0.15) is 0 Å². The van der Waals surface area contributed by atoms with Crippen molar-refractivity contribution in [2.24, 2.45) is 5.92 Å². The lowest BCUT2D eigenvalue weighted by atomic mass is 10.1. The van der Waals surface area contributed by atoms with Crippen molar-refractivity contribution in [1.29, 1.82) is 0 Å². The van der Waals surface area contributed by atoms with Gasteiger partial charge in [0.25, 0.3) is 0 Å². The third kappa shape index (κ3) is 4.70. The van der Waals surface area contributed by atoms with Crippen LogP contribution in [-0.2, 0) is 0 Å². The lowest BCUT2D eigenvalue weighted by Crippen LogP contribution is -2.28. The normalized spacial score (nSPS) is 16.2. The van der Waals surface area contributed by atoms with E-state index in [9.17, 15) is 0 Å². The molecule has 3 nitrogen and oxygen atoms in total. The summed E-state index contributed by atoms with van der Waals surface area (Å²) in [6.07, 6.45) is 7.10. The molecular weight excluding hydrogens is 258 g/mol. The van der Waals surface area contributed by atoms with E-state index < -0.39 is 0 Å². The van der Waals surface area contributed by atoms with Crippen molar-refractivity contribution in [3.05, 3.63) is 24.0 Å². The number of nitrogens with zero attached hydrogens (tertiary/aromatic N) is 2. The van der Waals surface area contributed by atoms with Gasteiger partial charge < -0.3 is 10.2 Å². The minimum Gasteiger partial charge on any atom is -0.367 e. The maximum Gasteiger partial charge on any atom is 0.0574 e. The summed E-state index contributed by atoms with van der Waals surface area (Å²) in [5.41, 5.74) is 2.47. The molecule has 1 aliphatic carbocycles. The largest absolute Gasteiger partial charge is 0.367 e. The highest BCUT2D eigenvalue weighted by molar-refractivity contribution is 5.47. The molecule has 3 heteroatoms. The van der Waals surface area contributed by atoms with E-state index in [4.69, 9.17) is 4.98 Å². The predicted octanol–water partition coefficient (Wildman–Crippen LogP) is 4.16. The molecule has 0 amide bonds. The summed E-state index contributed by atoms with van der Waals surface area (Å²) in [7, 11) is 0. The lowest BCUT2D eigenvalue weighted by molar-refractivity contribution is 0.524. The summed E-state index contributed by atoms with van der Waals surface area (Å²) < 4.78 is 0. The fourth-order valence-corrected chi connectivity index (χ4v) is 2.78. The number of anilines is 1. The van der Waals surface area contributed by atoms with Crippen molar-refractivity contribution < 1.29 is 0 Å². The summed E-state index contributed by atoms with van der Waals surface area (Å²) >= 11 is 0. The quantitative estimate of drug-likeness (QED) is 0.740. The fraction of sp³-hybridized carbons (Fsp3) is 0.722. The number of hydrogen-bond donors (Lipinski definition) is 1. The Labute approximate surface area is 130 Å². The van der Waals surface area contributed by atoms with Gasteiger partial charge in [-0.05, 0) is 50.3 Å². The molecule has 118 valence electrons. The van der Waals surface area contributed by atoms with Gasteiger partial charge in [0, 0.05) is 18.6 Å². The summed E-state index contributed by atoms with van der Waals surface area (Å²) in [5.74, 6) is 0.761. The van der Waals surface area contributed by atoms with Crippen LogP contribution in [0.3, 0.4) is 0 Å². The summed E-state index contributed by atoms with van der Waals surface area (Å²) in [6, 6.07) is 5.61. The van der Waals surface area contributed by atoms with Gasteiger partial charge in [-0.15, -0.1) is 0 Å². The Hall–Kier alpha value is -1.09. The van der Waals surface area contributed by atoms with Gasteiger partial charge >= 0.3 is 0 Å². The molecule has 1 unspecified atom stereocenters. The van der Waals surface area contributed by atoms with Gasteiger partial charge in [-0.1, -0.05) is 27.7 Å². The fourth-order valence-electron chi connectivity index (χ4n) is 2.78. The Kier molecular flexibility index (Phi) is 6.04. The molecule has 1 aromatic rings. The average molecular weight is 289 g/mol. The van der Waals surface area contributed by atoms with E-state index in [0.717, 1.165) is 31.5 Å². The van der Waals surface area contributed by atoms with Crippen molar-refractivity contribution in [3.8, 4) is 0 Å². The first-order chi connectivity index (χ1) is 10.2. The Balaban J connectivity index is 2.04. The summed E-state index contributed by atoms with van der Waals surface area (Å²) in [5, 5.41) is 3.50. The van der Waals surface area contributed by atoms with Gasteiger partial charge in [0.1, 0.15) is 0 Å². The first-order valence-corrected chi connectivity index (χ1v) is 8.61. The molecule has 1 heterocycles. The SMILES string of the molecule is CCNC(CC)c1ccc(N(CCC(C)C)C2CC2)cn1.